The number of rotatable bonds is 2. The molecule has 0 amide bonds. The lowest BCUT2D eigenvalue weighted by Crippen LogP contribution is -1.87. The fraction of sp³-hybridized carbons (Fsp3) is 0.250. The highest BCUT2D eigenvalue weighted by Gasteiger charge is 2.09. The molecule has 0 saturated heterocycles. The minimum atomic E-state index is 0.383. The molecule has 0 fully saturated rings. The molecule has 2 aromatic rings. The maximum Gasteiger partial charge on any atom is 0.226 e. The van der Waals surface area contributed by atoms with Crippen LogP contribution in [-0.4, -0.2) is 4.98 Å². The molecule has 0 unspecified atom stereocenters. The van der Waals surface area contributed by atoms with Gasteiger partial charge >= 0.3 is 0 Å². The highest BCUT2D eigenvalue weighted by Crippen LogP contribution is 2.24. The van der Waals surface area contributed by atoms with Gasteiger partial charge in [-0.3, -0.25) is 0 Å². The average Bonchev–Trinajstić information content (AvgIpc) is 2.70. The molecule has 0 N–H and O–H groups in total. The summed E-state index contributed by atoms with van der Waals surface area (Å²) in [6.07, 6.45) is 1.60. The zero-order valence-electron chi connectivity index (χ0n) is 8.75. The Hall–Kier alpha value is -1.28. The molecule has 78 valence electrons. The van der Waals surface area contributed by atoms with Crippen LogP contribution in [0.25, 0.3) is 11.5 Å². The molecular weight excluding hydrogens is 210 g/mol. The summed E-state index contributed by atoms with van der Waals surface area (Å²) in [7, 11) is 0. The number of hydrogen-bond acceptors (Lipinski definition) is 2. The van der Waals surface area contributed by atoms with Crippen molar-refractivity contribution in [2.75, 3.05) is 0 Å². The number of aromatic nitrogens is 1. The fourth-order valence-electron chi connectivity index (χ4n) is 1.47. The Morgan fingerprint density at radius 2 is 2.13 bits per heavy atom. The number of nitrogens with zero attached hydrogens (tertiary/aromatic N) is 1. The third-order valence-electron chi connectivity index (χ3n) is 2.52. The standard InChI is InChI=1S/C12H12ClNO/c1-8-4-3-5-11(9(8)2)12-14-10(6-13)7-15-12/h3-5,7H,6H2,1-2H3. The van der Waals surface area contributed by atoms with E-state index >= 15 is 0 Å². The second-order valence-electron chi connectivity index (χ2n) is 3.53. The second kappa shape index (κ2) is 4.07. The quantitative estimate of drug-likeness (QED) is 0.723. The van der Waals surface area contributed by atoms with E-state index in [2.05, 4.69) is 24.9 Å². The van der Waals surface area contributed by atoms with Crippen molar-refractivity contribution in [3.8, 4) is 11.5 Å². The molecular formula is C12H12ClNO. The smallest absolute Gasteiger partial charge is 0.226 e. The second-order valence-corrected chi connectivity index (χ2v) is 3.79. The molecule has 2 rings (SSSR count). The van der Waals surface area contributed by atoms with Gasteiger partial charge in [-0.05, 0) is 31.0 Å². The van der Waals surface area contributed by atoms with Crippen molar-refractivity contribution >= 4 is 11.6 Å². The van der Waals surface area contributed by atoms with Crippen LogP contribution in [0.1, 0.15) is 16.8 Å². The lowest BCUT2D eigenvalue weighted by atomic mass is 10.0. The van der Waals surface area contributed by atoms with Crippen molar-refractivity contribution in [1.29, 1.82) is 0 Å². The fourth-order valence-corrected chi connectivity index (χ4v) is 1.60. The number of halogens is 1. The van der Waals surface area contributed by atoms with Crippen LogP contribution in [0.2, 0.25) is 0 Å². The maximum atomic E-state index is 5.68. The van der Waals surface area contributed by atoms with Gasteiger partial charge in [-0.15, -0.1) is 11.6 Å². The number of hydrogen-bond donors (Lipinski definition) is 0. The summed E-state index contributed by atoms with van der Waals surface area (Å²) in [5.74, 6) is 1.03. The van der Waals surface area contributed by atoms with Gasteiger partial charge in [0.15, 0.2) is 0 Å². The first kappa shape index (κ1) is 10.2. The summed E-state index contributed by atoms with van der Waals surface area (Å²) < 4.78 is 5.38. The summed E-state index contributed by atoms with van der Waals surface area (Å²) in [6.45, 7) is 4.14. The van der Waals surface area contributed by atoms with Crippen molar-refractivity contribution in [1.82, 2.24) is 4.98 Å². The number of alkyl halides is 1. The van der Waals surface area contributed by atoms with Gasteiger partial charge in [-0.25, -0.2) is 4.98 Å². The van der Waals surface area contributed by atoms with Crippen molar-refractivity contribution in [2.45, 2.75) is 19.7 Å². The van der Waals surface area contributed by atoms with Gasteiger partial charge in [0.1, 0.15) is 6.26 Å². The van der Waals surface area contributed by atoms with Gasteiger partial charge in [-0.1, -0.05) is 12.1 Å². The summed E-state index contributed by atoms with van der Waals surface area (Å²) in [5, 5.41) is 0. The van der Waals surface area contributed by atoms with Gasteiger partial charge in [0.05, 0.1) is 11.6 Å². The molecule has 1 aromatic carbocycles. The van der Waals surface area contributed by atoms with Crippen molar-refractivity contribution < 1.29 is 4.42 Å². The van der Waals surface area contributed by atoms with Crippen molar-refractivity contribution in [3.05, 3.63) is 41.3 Å². The molecule has 0 radical (unpaired) electrons. The Morgan fingerprint density at radius 1 is 1.33 bits per heavy atom. The van der Waals surface area contributed by atoms with Crippen LogP contribution in [0, 0.1) is 13.8 Å². The van der Waals surface area contributed by atoms with Crippen LogP contribution in [0.5, 0.6) is 0 Å². The number of benzene rings is 1. The van der Waals surface area contributed by atoms with Gasteiger partial charge < -0.3 is 4.42 Å². The van der Waals surface area contributed by atoms with Crippen molar-refractivity contribution in [2.24, 2.45) is 0 Å². The zero-order valence-corrected chi connectivity index (χ0v) is 9.51. The van der Waals surface area contributed by atoms with Crippen LogP contribution in [0.3, 0.4) is 0 Å². The summed E-state index contributed by atoms with van der Waals surface area (Å²) in [6, 6.07) is 6.08. The molecule has 0 atom stereocenters. The number of aryl methyl sites for hydroxylation is 1. The van der Waals surface area contributed by atoms with Gasteiger partial charge in [0.2, 0.25) is 5.89 Å². The molecule has 2 nitrogen and oxygen atoms in total. The Kier molecular flexibility index (Phi) is 2.78. The average molecular weight is 222 g/mol. The Morgan fingerprint density at radius 3 is 2.80 bits per heavy atom. The maximum absolute atomic E-state index is 5.68. The topological polar surface area (TPSA) is 26.0 Å². The minimum Gasteiger partial charge on any atom is -0.444 e. The lowest BCUT2D eigenvalue weighted by Gasteiger charge is -2.03. The first-order valence-corrected chi connectivity index (χ1v) is 5.33. The Labute approximate surface area is 93.9 Å². The molecule has 3 heteroatoms. The molecule has 0 aliphatic carbocycles. The molecule has 0 spiro atoms. The van der Waals surface area contributed by atoms with E-state index in [1.54, 1.807) is 6.26 Å². The van der Waals surface area contributed by atoms with E-state index < -0.39 is 0 Å². The zero-order chi connectivity index (χ0) is 10.8. The Balaban J connectivity index is 2.49. The SMILES string of the molecule is Cc1cccc(-c2nc(CCl)co2)c1C. The van der Waals surface area contributed by atoms with Gasteiger partial charge in [-0.2, -0.15) is 0 Å². The highest BCUT2D eigenvalue weighted by molar-refractivity contribution is 6.16. The Bertz CT molecular complexity index is 476. The van der Waals surface area contributed by atoms with E-state index in [4.69, 9.17) is 16.0 Å². The van der Waals surface area contributed by atoms with Gasteiger partial charge in [0.25, 0.3) is 0 Å². The summed E-state index contributed by atoms with van der Waals surface area (Å²) in [4.78, 5) is 4.30. The molecule has 0 aliphatic rings. The van der Waals surface area contributed by atoms with Crippen molar-refractivity contribution in [3.63, 3.8) is 0 Å². The number of oxazole rings is 1. The minimum absolute atomic E-state index is 0.383. The van der Waals surface area contributed by atoms with Crippen LogP contribution in [0.4, 0.5) is 0 Å². The normalized spacial score (nSPS) is 10.6. The van der Waals surface area contributed by atoms with Crippen LogP contribution >= 0.6 is 11.6 Å². The third-order valence-corrected chi connectivity index (χ3v) is 2.80. The van der Waals surface area contributed by atoms with Crippen LogP contribution < -0.4 is 0 Å². The first-order chi connectivity index (χ1) is 7.22. The monoisotopic (exact) mass is 221 g/mol. The predicted octanol–water partition coefficient (Wildman–Crippen LogP) is 3.70. The van der Waals surface area contributed by atoms with Gasteiger partial charge in [0, 0.05) is 5.56 Å². The van der Waals surface area contributed by atoms with E-state index in [1.165, 1.54) is 11.1 Å². The molecule has 0 aliphatic heterocycles. The van der Waals surface area contributed by atoms with Crippen LogP contribution in [0.15, 0.2) is 28.9 Å². The third kappa shape index (κ3) is 1.90. The molecule has 0 bridgehead atoms. The lowest BCUT2D eigenvalue weighted by molar-refractivity contribution is 0.573. The van der Waals surface area contributed by atoms with E-state index in [0.29, 0.717) is 11.8 Å². The largest absolute Gasteiger partial charge is 0.444 e. The molecule has 0 saturated carbocycles. The van der Waals surface area contributed by atoms with E-state index in [-0.39, 0.29) is 0 Å². The molecule has 1 aromatic heterocycles. The van der Waals surface area contributed by atoms with Crippen LogP contribution in [-0.2, 0) is 5.88 Å². The predicted molar refractivity (Wildman–Crippen MR) is 61.0 cm³/mol. The van der Waals surface area contributed by atoms with E-state index in [0.717, 1.165) is 11.3 Å². The first-order valence-electron chi connectivity index (χ1n) is 4.79. The molecule has 15 heavy (non-hydrogen) atoms. The highest BCUT2D eigenvalue weighted by atomic mass is 35.5. The molecule has 1 heterocycles. The summed E-state index contributed by atoms with van der Waals surface area (Å²) in [5.41, 5.74) is 4.23. The summed E-state index contributed by atoms with van der Waals surface area (Å²) >= 11 is 5.68. The van der Waals surface area contributed by atoms with E-state index in [9.17, 15) is 0 Å². The van der Waals surface area contributed by atoms with E-state index in [1.807, 2.05) is 12.1 Å².